The summed E-state index contributed by atoms with van der Waals surface area (Å²) in [6.45, 7) is 3.24. The van der Waals surface area contributed by atoms with Crippen molar-refractivity contribution in [3.05, 3.63) is 23.1 Å². The van der Waals surface area contributed by atoms with Crippen LogP contribution in [-0.4, -0.2) is 90.4 Å². The first-order valence-corrected chi connectivity index (χ1v) is 14.0. The number of oxazole rings is 1. The number of rotatable bonds is 8. The maximum Gasteiger partial charge on any atom is 0.235 e. The van der Waals surface area contributed by atoms with Crippen LogP contribution in [0.1, 0.15) is 48.0 Å². The summed E-state index contributed by atoms with van der Waals surface area (Å²) in [5.41, 5.74) is 5.08. The van der Waals surface area contributed by atoms with Crippen molar-refractivity contribution in [2.24, 2.45) is 29.4 Å². The molecule has 3 aliphatic carbocycles. The van der Waals surface area contributed by atoms with Gasteiger partial charge in [0.1, 0.15) is 5.52 Å². The molecule has 0 aliphatic heterocycles. The molecule has 12 heteroatoms. The number of likely N-dealkylation sites (N-methyl/N-ethyl adjacent to an activating group) is 1. The largest absolute Gasteiger partial charge is 0.439 e. The average Bonchev–Trinajstić information content (AvgIpc) is 3.30. The molecule has 5 rings (SSSR count). The number of hydrogen-bond acceptors (Lipinski definition) is 11. The lowest BCUT2D eigenvalue weighted by molar-refractivity contribution is -0.181. The molecular weight excluding hydrogens is 530 g/mol. The summed E-state index contributed by atoms with van der Waals surface area (Å²) in [6, 6.07) is 0.750. The fourth-order valence-corrected chi connectivity index (χ4v) is 7.06. The van der Waals surface area contributed by atoms with E-state index in [-0.39, 0.29) is 17.6 Å². The van der Waals surface area contributed by atoms with E-state index < -0.39 is 64.4 Å². The van der Waals surface area contributed by atoms with Gasteiger partial charge in [0.15, 0.2) is 40.2 Å². The quantitative estimate of drug-likeness (QED) is 0.295. The molecule has 4 N–H and O–H groups in total. The van der Waals surface area contributed by atoms with E-state index in [9.17, 15) is 29.1 Å². The molecule has 6 atom stereocenters. The summed E-state index contributed by atoms with van der Waals surface area (Å²) in [7, 11) is 6.85. The Bertz CT molecular complexity index is 1460. The van der Waals surface area contributed by atoms with E-state index in [0.717, 1.165) is 25.1 Å². The van der Waals surface area contributed by atoms with Crippen molar-refractivity contribution in [2.75, 3.05) is 39.6 Å². The minimum Gasteiger partial charge on any atom is -0.439 e. The van der Waals surface area contributed by atoms with Gasteiger partial charge in [0.2, 0.25) is 11.8 Å². The highest BCUT2D eigenvalue weighted by atomic mass is 16.4. The number of aliphatic hydroxyl groups is 1. The van der Waals surface area contributed by atoms with Crippen LogP contribution in [0.2, 0.25) is 0 Å². The van der Waals surface area contributed by atoms with Crippen LogP contribution in [0.15, 0.2) is 10.5 Å². The third-order valence-corrected chi connectivity index (χ3v) is 8.93. The summed E-state index contributed by atoms with van der Waals surface area (Å²) in [5, 5.41) is 15.1. The second-order valence-corrected chi connectivity index (χ2v) is 11.9. The number of aromatic nitrogens is 1. The highest BCUT2D eigenvalue weighted by Crippen LogP contribution is 2.51. The van der Waals surface area contributed by atoms with Crippen molar-refractivity contribution in [2.45, 2.75) is 50.8 Å². The lowest BCUT2D eigenvalue weighted by Gasteiger charge is -2.52. The number of anilines is 1. The molecule has 1 amide bonds. The first-order chi connectivity index (χ1) is 19.3. The predicted molar refractivity (Wildman–Crippen MR) is 148 cm³/mol. The van der Waals surface area contributed by atoms with Crippen LogP contribution in [0.4, 0.5) is 5.69 Å². The normalized spacial score (nSPS) is 29.5. The number of nitrogens with one attached hydrogen (secondary N) is 1. The molecular formula is C29H37N5O7. The maximum atomic E-state index is 14.2. The fourth-order valence-electron chi connectivity index (χ4n) is 7.06. The Morgan fingerprint density at radius 1 is 1.20 bits per heavy atom. The zero-order valence-corrected chi connectivity index (χ0v) is 24.0. The molecule has 0 saturated heterocycles. The Morgan fingerprint density at radius 3 is 2.51 bits per heavy atom. The van der Waals surface area contributed by atoms with Gasteiger partial charge in [0, 0.05) is 25.7 Å². The first-order valence-electron chi connectivity index (χ1n) is 14.0. The van der Waals surface area contributed by atoms with E-state index in [0.29, 0.717) is 29.9 Å². The summed E-state index contributed by atoms with van der Waals surface area (Å²) in [5.74, 6) is -9.40. The molecule has 2 unspecified atom stereocenters. The van der Waals surface area contributed by atoms with Crippen molar-refractivity contribution < 1.29 is 33.5 Å². The van der Waals surface area contributed by atoms with Gasteiger partial charge in [-0.2, -0.15) is 0 Å². The molecule has 1 aromatic carbocycles. The number of nitrogens with two attached hydrogens (primary N) is 1. The molecule has 2 fully saturated rings. The fraction of sp³-hybridized carbons (Fsp3) is 0.586. The monoisotopic (exact) mass is 567 g/mol. The molecule has 2 saturated carbocycles. The summed E-state index contributed by atoms with van der Waals surface area (Å²) in [6.07, 6.45) is 2.37. The smallest absolute Gasteiger partial charge is 0.235 e. The molecule has 0 bridgehead atoms. The standard InChI is InChI=1S/C29H37N5O7/c1-6-7-8-31-12-18-32-16-11-17(33(2)3)14-9-13-10-15-22(34(4)5)24(36)21(28(30)39)27(38)29(15,40)26(37)19(13)23(35)20(14)25(16)41-18/h11,13,15,19,21-22,31,40H,6-10,12H2,1-5H3,(H2,30,39)/t13-,15-,19?,21?,22-,29-/m0/s1. The van der Waals surface area contributed by atoms with Gasteiger partial charge in [-0.3, -0.25) is 28.9 Å². The molecule has 41 heavy (non-hydrogen) atoms. The van der Waals surface area contributed by atoms with Crippen LogP contribution in [0.5, 0.6) is 0 Å². The van der Waals surface area contributed by atoms with Crippen molar-refractivity contribution in [3.8, 4) is 0 Å². The number of fused-ring (bicyclic) bond motifs is 5. The molecule has 0 radical (unpaired) electrons. The van der Waals surface area contributed by atoms with Gasteiger partial charge < -0.3 is 25.5 Å². The van der Waals surface area contributed by atoms with E-state index in [4.69, 9.17) is 10.2 Å². The minimum absolute atomic E-state index is 0.0534. The number of nitrogens with zero attached hydrogens (tertiary/aromatic N) is 3. The highest BCUT2D eigenvalue weighted by Gasteiger charge is 2.69. The number of hydrogen-bond donors (Lipinski definition) is 3. The van der Waals surface area contributed by atoms with Crippen LogP contribution in [0.25, 0.3) is 11.1 Å². The predicted octanol–water partition coefficient (Wildman–Crippen LogP) is 0.258. The molecule has 1 heterocycles. The highest BCUT2D eigenvalue weighted by molar-refractivity contribution is 6.32. The number of ketones is 4. The molecule has 3 aliphatic rings. The molecule has 0 spiro atoms. The summed E-state index contributed by atoms with van der Waals surface area (Å²) in [4.78, 5) is 75.2. The van der Waals surface area contributed by atoms with Crippen LogP contribution in [-0.2, 0) is 32.1 Å². The van der Waals surface area contributed by atoms with Gasteiger partial charge >= 0.3 is 0 Å². The van der Waals surface area contributed by atoms with Gasteiger partial charge in [-0.05, 0) is 57.5 Å². The SMILES string of the molecule is CCCCNCc1nc2cc(N(C)C)c3c(c2o1)C(=O)C1C(=O)[C@]2(O)C(=O)C(C(N)=O)C(=O)[C@@H](N(C)C)[C@@H]2C[C@@H]1C3. The number of Topliss-reactive ketones (excluding diaryl/α,β-unsaturated/α-hetero) is 4. The van der Waals surface area contributed by atoms with Crippen LogP contribution >= 0.6 is 0 Å². The number of carbonyl (C=O) groups excluding carboxylic acids is 5. The molecule has 2 aromatic rings. The molecule has 1 aromatic heterocycles. The van der Waals surface area contributed by atoms with E-state index in [1.807, 2.05) is 25.1 Å². The molecule has 220 valence electrons. The number of benzene rings is 1. The van der Waals surface area contributed by atoms with E-state index in [1.54, 1.807) is 14.1 Å². The van der Waals surface area contributed by atoms with Gasteiger partial charge in [0.25, 0.3) is 0 Å². The van der Waals surface area contributed by atoms with Crippen LogP contribution in [0.3, 0.4) is 0 Å². The van der Waals surface area contributed by atoms with E-state index >= 15 is 0 Å². The average molecular weight is 568 g/mol. The van der Waals surface area contributed by atoms with E-state index in [1.165, 1.54) is 4.90 Å². The second kappa shape index (κ2) is 10.4. The van der Waals surface area contributed by atoms with Gasteiger partial charge in [-0.25, -0.2) is 4.98 Å². The molecule has 12 nitrogen and oxygen atoms in total. The van der Waals surface area contributed by atoms with Crippen LogP contribution < -0.4 is 16.0 Å². The number of unbranched alkanes of at least 4 members (excludes halogenated alkanes) is 1. The summed E-state index contributed by atoms with van der Waals surface area (Å²) >= 11 is 0. The third-order valence-electron chi connectivity index (χ3n) is 8.93. The number of primary amides is 1. The Hall–Kier alpha value is -3.48. The first kappa shape index (κ1) is 29.0. The lowest BCUT2D eigenvalue weighted by Crippen LogP contribution is -2.74. The van der Waals surface area contributed by atoms with Crippen molar-refractivity contribution in [1.82, 2.24) is 15.2 Å². The van der Waals surface area contributed by atoms with Gasteiger partial charge in [-0.1, -0.05) is 13.3 Å². The Kier molecular flexibility index (Phi) is 7.37. The maximum absolute atomic E-state index is 14.2. The zero-order valence-electron chi connectivity index (χ0n) is 24.0. The van der Waals surface area contributed by atoms with Gasteiger partial charge in [0.05, 0.1) is 24.1 Å². The third kappa shape index (κ3) is 4.31. The van der Waals surface area contributed by atoms with Crippen molar-refractivity contribution in [1.29, 1.82) is 0 Å². The zero-order chi connectivity index (χ0) is 30.0. The lowest BCUT2D eigenvalue weighted by atomic mass is 9.52. The van der Waals surface area contributed by atoms with Gasteiger partial charge in [-0.15, -0.1) is 0 Å². The summed E-state index contributed by atoms with van der Waals surface area (Å²) < 4.78 is 6.06. The Balaban J connectivity index is 1.62. The van der Waals surface area contributed by atoms with Crippen LogP contribution in [0, 0.1) is 23.7 Å². The Morgan fingerprint density at radius 2 is 1.90 bits per heavy atom. The number of carbonyl (C=O) groups is 5. The van der Waals surface area contributed by atoms with Crippen molar-refractivity contribution >= 4 is 45.8 Å². The van der Waals surface area contributed by atoms with E-state index in [2.05, 4.69) is 17.2 Å². The van der Waals surface area contributed by atoms with Crippen molar-refractivity contribution in [3.63, 3.8) is 0 Å². The minimum atomic E-state index is -2.70. The number of amides is 1. The second-order valence-electron chi connectivity index (χ2n) is 11.9. The topological polar surface area (TPSA) is 176 Å². The Labute approximate surface area is 237 Å².